The molecule has 62 valence electrons. The van der Waals surface area contributed by atoms with Crippen molar-refractivity contribution in [2.24, 2.45) is 0 Å². The molecule has 0 unspecified atom stereocenters. The van der Waals surface area contributed by atoms with Crippen LogP contribution in [0.1, 0.15) is 0 Å². The summed E-state index contributed by atoms with van der Waals surface area (Å²) in [7, 11) is 0. The number of nitrogens with zero attached hydrogens (tertiary/aromatic N) is 2. The fourth-order valence-electron chi connectivity index (χ4n) is 1.48. The summed E-state index contributed by atoms with van der Waals surface area (Å²) in [6.45, 7) is 0. The summed E-state index contributed by atoms with van der Waals surface area (Å²) >= 11 is 0. The molecular formula is C10H6N2O. The second-order valence-corrected chi connectivity index (χ2v) is 2.86. The fraction of sp³-hybridized carbons (Fsp3) is 0. The molecular weight excluding hydrogens is 164 g/mol. The number of hydrogen-bond acceptors (Lipinski definition) is 3. The topological polar surface area (TPSA) is 38.9 Å². The van der Waals surface area contributed by atoms with Crippen LogP contribution in [-0.2, 0) is 0 Å². The molecule has 3 heteroatoms. The van der Waals surface area contributed by atoms with Gasteiger partial charge in [0.15, 0.2) is 5.58 Å². The lowest BCUT2D eigenvalue weighted by molar-refractivity contribution is 0.601. The van der Waals surface area contributed by atoms with Gasteiger partial charge in [0.2, 0.25) is 0 Å². The summed E-state index contributed by atoms with van der Waals surface area (Å²) in [6.07, 6.45) is 6.83. The summed E-state index contributed by atoms with van der Waals surface area (Å²) in [5, 5.41) is 2.11. The second kappa shape index (κ2) is 2.29. The standard InChI is InChI=1S/C10H6N2O/c1-2-9-10(13-4-3-12-9)8-6-11-5-7(1)8/h1-6H. The van der Waals surface area contributed by atoms with Gasteiger partial charge < -0.3 is 4.42 Å². The largest absolute Gasteiger partial charge is 0.460 e. The Morgan fingerprint density at radius 1 is 1.15 bits per heavy atom. The van der Waals surface area contributed by atoms with E-state index in [1.807, 2.05) is 18.3 Å². The zero-order valence-corrected chi connectivity index (χ0v) is 6.77. The van der Waals surface area contributed by atoms with Crippen molar-refractivity contribution in [3.8, 4) is 0 Å². The Hall–Kier alpha value is -1.90. The van der Waals surface area contributed by atoms with Gasteiger partial charge in [-0.05, 0) is 6.07 Å². The molecule has 0 aliphatic heterocycles. The van der Waals surface area contributed by atoms with Gasteiger partial charge in [-0.3, -0.25) is 4.98 Å². The number of fused-ring (bicyclic) bond motifs is 3. The van der Waals surface area contributed by atoms with E-state index in [4.69, 9.17) is 4.42 Å². The molecule has 0 amide bonds. The maximum atomic E-state index is 5.38. The van der Waals surface area contributed by atoms with Crippen LogP contribution in [0.4, 0.5) is 0 Å². The molecule has 3 rings (SSSR count). The van der Waals surface area contributed by atoms with Gasteiger partial charge in [0.1, 0.15) is 11.8 Å². The average molecular weight is 170 g/mol. The highest BCUT2D eigenvalue weighted by atomic mass is 16.3. The smallest absolute Gasteiger partial charge is 0.161 e. The van der Waals surface area contributed by atoms with Crippen molar-refractivity contribution in [2.45, 2.75) is 0 Å². The van der Waals surface area contributed by atoms with E-state index in [9.17, 15) is 0 Å². The predicted octanol–water partition coefficient (Wildman–Crippen LogP) is 2.38. The number of rotatable bonds is 0. The summed E-state index contributed by atoms with van der Waals surface area (Å²) in [5.74, 6) is 0. The molecule has 2 aromatic heterocycles. The van der Waals surface area contributed by atoms with Gasteiger partial charge in [0, 0.05) is 23.2 Å². The SMILES string of the molecule is c1coc2c(ccc3cncc32)n1. The summed E-state index contributed by atoms with van der Waals surface area (Å²) in [5.41, 5.74) is 1.67. The van der Waals surface area contributed by atoms with E-state index >= 15 is 0 Å². The Balaban J connectivity index is 2.65. The number of aromatic nitrogens is 2. The maximum absolute atomic E-state index is 5.38. The summed E-state index contributed by atoms with van der Waals surface area (Å²) in [6, 6.07) is 3.93. The Bertz CT molecular complexity index is 571. The Kier molecular flexibility index (Phi) is 1.16. The van der Waals surface area contributed by atoms with Gasteiger partial charge >= 0.3 is 0 Å². The van der Waals surface area contributed by atoms with Crippen LogP contribution in [-0.4, -0.2) is 9.97 Å². The highest BCUT2D eigenvalue weighted by Gasteiger charge is 2.02. The molecule has 0 fully saturated rings. The van der Waals surface area contributed by atoms with Crippen LogP contribution in [0.5, 0.6) is 0 Å². The molecule has 2 heterocycles. The number of hydrogen-bond donors (Lipinski definition) is 0. The lowest BCUT2D eigenvalue weighted by Crippen LogP contribution is -1.76. The van der Waals surface area contributed by atoms with E-state index in [1.54, 1.807) is 18.7 Å². The molecule has 0 aliphatic rings. The van der Waals surface area contributed by atoms with Gasteiger partial charge in [-0.2, -0.15) is 0 Å². The quantitative estimate of drug-likeness (QED) is 0.520. The molecule has 0 spiro atoms. The molecule has 0 N–H and O–H groups in total. The van der Waals surface area contributed by atoms with Gasteiger partial charge in [-0.15, -0.1) is 0 Å². The van der Waals surface area contributed by atoms with Crippen LogP contribution in [0, 0.1) is 0 Å². The molecule has 0 saturated heterocycles. The van der Waals surface area contributed by atoms with Crippen LogP contribution >= 0.6 is 0 Å². The molecule has 1 aromatic carbocycles. The van der Waals surface area contributed by atoms with E-state index < -0.39 is 0 Å². The van der Waals surface area contributed by atoms with E-state index in [0.29, 0.717) is 0 Å². The highest BCUT2D eigenvalue weighted by Crippen LogP contribution is 2.22. The van der Waals surface area contributed by atoms with Crippen molar-refractivity contribution in [1.82, 2.24) is 9.97 Å². The average Bonchev–Trinajstić information content (AvgIpc) is 2.65. The van der Waals surface area contributed by atoms with Crippen LogP contribution in [0.3, 0.4) is 0 Å². The Morgan fingerprint density at radius 3 is 3.15 bits per heavy atom. The summed E-state index contributed by atoms with van der Waals surface area (Å²) in [4.78, 5) is 8.25. The molecule has 3 nitrogen and oxygen atoms in total. The zero-order chi connectivity index (χ0) is 8.67. The van der Waals surface area contributed by atoms with E-state index in [2.05, 4.69) is 9.97 Å². The first-order valence-electron chi connectivity index (χ1n) is 4.01. The number of benzene rings is 1. The molecule has 3 aromatic rings. The van der Waals surface area contributed by atoms with E-state index in [1.165, 1.54) is 0 Å². The van der Waals surface area contributed by atoms with Crippen molar-refractivity contribution in [3.05, 3.63) is 37.0 Å². The van der Waals surface area contributed by atoms with E-state index in [-0.39, 0.29) is 0 Å². The first-order chi connectivity index (χ1) is 6.45. The minimum atomic E-state index is 0.803. The Labute approximate surface area is 74.0 Å². The first-order valence-corrected chi connectivity index (χ1v) is 4.01. The molecule has 13 heavy (non-hydrogen) atoms. The van der Waals surface area contributed by atoms with Crippen LogP contribution in [0.2, 0.25) is 0 Å². The van der Waals surface area contributed by atoms with Crippen molar-refractivity contribution in [2.75, 3.05) is 0 Å². The predicted molar refractivity (Wildman–Crippen MR) is 49.3 cm³/mol. The Morgan fingerprint density at radius 2 is 2.15 bits per heavy atom. The molecule has 0 bridgehead atoms. The minimum absolute atomic E-state index is 0.803. The second-order valence-electron chi connectivity index (χ2n) is 2.86. The highest BCUT2D eigenvalue weighted by molar-refractivity contribution is 6.02. The lowest BCUT2D eigenvalue weighted by Gasteiger charge is -1.95. The third-order valence-corrected chi connectivity index (χ3v) is 2.09. The third-order valence-electron chi connectivity index (χ3n) is 2.09. The molecule has 0 radical (unpaired) electrons. The van der Waals surface area contributed by atoms with Crippen molar-refractivity contribution >= 4 is 21.9 Å². The van der Waals surface area contributed by atoms with Gasteiger partial charge in [-0.25, -0.2) is 4.98 Å². The monoisotopic (exact) mass is 170 g/mol. The minimum Gasteiger partial charge on any atom is -0.460 e. The van der Waals surface area contributed by atoms with E-state index in [0.717, 1.165) is 21.9 Å². The van der Waals surface area contributed by atoms with Gasteiger partial charge in [0.25, 0.3) is 0 Å². The third kappa shape index (κ3) is 0.839. The van der Waals surface area contributed by atoms with Crippen molar-refractivity contribution in [1.29, 1.82) is 0 Å². The first kappa shape index (κ1) is 6.60. The van der Waals surface area contributed by atoms with Crippen LogP contribution < -0.4 is 0 Å². The molecule has 0 aliphatic carbocycles. The normalized spacial score (nSPS) is 11.1. The summed E-state index contributed by atoms with van der Waals surface area (Å²) < 4.78 is 5.38. The van der Waals surface area contributed by atoms with Crippen LogP contribution in [0.15, 0.2) is 41.4 Å². The zero-order valence-electron chi connectivity index (χ0n) is 6.77. The van der Waals surface area contributed by atoms with Crippen molar-refractivity contribution in [3.63, 3.8) is 0 Å². The molecule has 0 saturated carbocycles. The van der Waals surface area contributed by atoms with Crippen molar-refractivity contribution < 1.29 is 4.42 Å². The maximum Gasteiger partial charge on any atom is 0.161 e. The van der Waals surface area contributed by atoms with Gasteiger partial charge in [-0.1, -0.05) is 6.07 Å². The van der Waals surface area contributed by atoms with Crippen LogP contribution in [0.25, 0.3) is 21.9 Å². The fourth-order valence-corrected chi connectivity index (χ4v) is 1.48. The molecule has 0 atom stereocenters. The van der Waals surface area contributed by atoms with Gasteiger partial charge in [0.05, 0.1) is 6.20 Å². The lowest BCUT2D eigenvalue weighted by atomic mass is 10.2.